The molecule has 0 aliphatic heterocycles. The van der Waals surface area contributed by atoms with E-state index >= 15 is 0 Å². The number of terminal acetylenes is 1. The van der Waals surface area contributed by atoms with E-state index in [0.29, 0.717) is 0 Å². The largest absolute Gasteiger partial charge is 0.275 e. The van der Waals surface area contributed by atoms with Crippen molar-refractivity contribution in [3.05, 3.63) is 30.7 Å². The molecule has 0 aliphatic carbocycles. The van der Waals surface area contributed by atoms with E-state index in [1.807, 2.05) is 18.3 Å². The highest BCUT2D eigenvalue weighted by Crippen LogP contribution is 2.11. The predicted octanol–water partition coefficient (Wildman–Crippen LogP) is 1.48. The van der Waals surface area contributed by atoms with E-state index in [2.05, 4.69) is 11.0 Å². The van der Waals surface area contributed by atoms with Gasteiger partial charge >= 0.3 is 0 Å². The third-order valence-corrected chi connectivity index (χ3v) is 1.63. The lowest BCUT2D eigenvalue weighted by atomic mass is 10.3. The van der Waals surface area contributed by atoms with Crippen molar-refractivity contribution in [1.82, 2.24) is 9.55 Å². The van der Waals surface area contributed by atoms with Crippen LogP contribution in [0.15, 0.2) is 30.7 Å². The standard InChI is InChI=1S/C9H6N2/c1-2-11-6-4-8-3-5-10-7-9(8)11/h1,3-7H. The zero-order valence-corrected chi connectivity index (χ0v) is 5.86. The average molecular weight is 142 g/mol. The molecule has 0 aromatic carbocycles. The third kappa shape index (κ3) is 0.786. The fourth-order valence-electron chi connectivity index (χ4n) is 1.09. The van der Waals surface area contributed by atoms with Crippen LogP contribution in [0.2, 0.25) is 0 Å². The molecule has 0 bridgehead atoms. The van der Waals surface area contributed by atoms with E-state index in [9.17, 15) is 0 Å². The molecule has 0 saturated heterocycles. The van der Waals surface area contributed by atoms with Crippen molar-refractivity contribution in [2.45, 2.75) is 0 Å². The molecule has 2 nitrogen and oxygen atoms in total. The van der Waals surface area contributed by atoms with Gasteiger partial charge in [-0.2, -0.15) is 0 Å². The van der Waals surface area contributed by atoms with Crippen molar-refractivity contribution < 1.29 is 0 Å². The molecule has 0 radical (unpaired) electrons. The van der Waals surface area contributed by atoms with E-state index in [-0.39, 0.29) is 0 Å². The van der Waals surface area contributed by atoms with Gasteiger partial charge in [0.05, 0.1) is 11.7 Å². The van der Waals surface area contributed by atoms with Crippen LogP contribution in [0.5, 0.6) is 0 Å². The molecule has 0 atom stereocenters. The first-order chi connectivity index (χ1) is 5.42. The first kappa shape index (κ1) is 5.99. The number of hydrogen-bond acceptors (Lipinski definition) is 1. The Morgan fingerprint density at radius 3 is 3.18 bits per heavy atom. The summed E-state index contributed by atoms with van der Waals surface area (Å²) in [5.41, 5.74) is 0.981. The molecular weight excluding hydrogens is 136 g/mol. The number of hydrogen-bond donors (Lipinski definition) is 0. The van der Waals surface area contributed by atoms with Crippen molar-refractivity contribution in [1.29, 1.82) is 0 Å². The first-order valence-corrected chi connectivity index (χ1v) is 3.29. The smallest absolute Gasteiger partial charge is 0.0794 e. The molecule has 2 aromatic heterocycles. The minimum Gasteiger partial charge on any atom is -0.275 e. The van der Waals surface area contributed by atoms with Crippen LogP contribution in [0.3, 0.4) is 0 Å². The highest BCUT2D eigenvalue weighted by atomic mass is 14.9. The minimum atomic E-state index is 0.981. The Kier molecular flexibility index (Phi) is 1.16. The quantitative estimate of drug-likeness (QED) is 0.509. The highest BCUT2D eigenvalue weighted by Gasteiger charge is 1.95. The summed E-state index contributed by atoms with van der Waals surface area (Å²) >= 11 is 0. The molecule has 0 saturated carbocycles. The molecular formula is C9H6N2. The summed E-state index contributed by atoms with van der Waals surface area (Å²) in [6.45, 7) is 0. The van der Waals surface area contributed by atoms with Crippen LogP contribution in [0.1, 0.15) is 0 Å². The Labute approximate surface area is 64.5 Å². The number of rotatable bonds is 0. The summed E-state index contributed by atoms with van der Waals surface area (Å²) in [7, 11) is 0. The van der Waals surface area contributed by atoms with Gasteiger partial charge in [-0.15, -0.1) is 0 Å². The third-order valence-electron chi connectivity index (χ3n) is 1.63. The predicted molar refractivity (Wildman–Crippen MR) is 44.0 cm³/mol. The van der Waals surface area contributed by atoms with Gasteiger partial charge in [0.1, 0.15) is 0 Å². The van der Waals surface area contributed by atoms with E-state index in [1.54, 1.807) is 17.0 Å². The molecule has 11 heavy (non-hydrogen) atoms. The van der Waals surface area contributed by atoms with Gasteiger partial charge in [-0.05, 0) is 12.1 Å². The second-order valence-corrected chi connectivity index (χ2v) is 2.25. The lowest BCUT2D eigenvalue weighted by molar-refractivity contribution is 1.19. The van der Waals surface area contributed by atoms with E-state index in [4.69, 9.17) is 6.42 Å². The lowest BCUT2D eigenvalue weighted by Crippen LogP contribution is -1.83. The second kappa shape index (κ2) is 2.14. The molecule has 0 unspecified atom stereocenters. The summed E-state index contributed by atoms with van der Waals surface area (Å²) < 4.78 is 1.71. The Bertz CT molecular complexity index is 420. The second-order valence-electron chi connectivity index (χ2n) is 2.25. The Hall–Kier alpha value is -1.75. The molecule has 2 rings (SSSR count). The number of fused-ring (bicyclic) bond motifs is 1. The van der Waals surface area contributed by atoms with Crippen molar-refractivity contribution in [3.8, 4) is 12.5 Å². The van der Waals surface area contributed by atoms with Gasteiger partial charge < -0.3 is 0 Å². The van der Waals surface area contributed by atoms with Crippen LogP contribution in [0, 0.1) is 12.5 Å². The van der Waals surface area contributed by atoms with Gasteiger partial charge in [0.2, 0.25) is 0 Å². The number of pyridine rings is 1. The van der Waals surface area contributed by atoms with E-state index < -0.39 is 0 Å². The maximum absolute atomic E-state index is 5.25. The lowest BCUT2D eigenvalue weighted by Gasteiger charge is -1.90. The molecule has 0 fully saturated rings. The van der Waals surface area contributed by atoms with Gasteiger partial charge in [0, 0.05) is 23.8 Å². The molecule has 2 heterocycles. The van der Waals surface area contributed by atoms with Gasteiger partial charge in [-0.25, -0.2) is 0 Å². The summed E-state index contributed by atoms with van der Waals surface area (Å²) in [6.07, 6.45) is 10.6. The normalized spacial score (nSPS) is 9.73. The molecule has 0 amide bonds. The Balaban J connectivity index is 2.89. The number of nitrogens with zero attached hydrogens (tertiary/aromatic N) is 2. The van der Waals surface area contributed by atoms with Crippen molar-refractivity contribution in [2.75, 3.05) is 0 Å². The van der Waals surface area contributed by atoms with Crippen molar-refractivity contribution in [3.63, 3.8) is 0 Å². The van der Waals surface area contributed by atoms with Crippen LogP contribution < -0.4 is 0 Å². The van der Waals surface area contributed by atoms with Gasteiger partial charge in [0.25, 0.3) is 0 Å². The van der Waals surface area contributed by atoms with Crippen LogP contribution in [-0.2, 0) is 0 Å². The Morgan fingerprint density at radius 1 is 1.45 bits per heavy atom. The zero-order valence-electron chi connectivity index (χ0n) is 5.86. The van der Waals surface area contributed by atoms with Crippen molar-refractivity contribution >= 4 is 10.9 Å². The fourth-order valence-corrected chi connectivity index (χ4v) is 1.09. The highest BCUT2D eigenvalue weighted by molar-refractivity contribution is 5.79. The van der Waals surface area contributed by atoms with Gasteiger partial charge in [0.15, 0.2) is 0 Å². The van der Waals surface area contributed by atoms with Gasteiger partial charge in [-0.3, -0.25) is 9.55 Å². The van der Waals surface area contributed by atoms with Crippen LogP contribution in [0.4, 0.5) is 0 Å². The SMILES string of the molecule is C#Cn1ccc2ccncc21. The summed E-state index contributed by atoms with van der Waals surface area (Å²) in [4.78, 5) is 3.98. The van der Waals surface area contributed by atoms with Gasteiger partial charge in [-0.1, -0.05) is 6.42 Å². The topological polar surface area (TPSA) is 17.8 Å². The van der Waals surface area contributed by atoms with Crippen molar-refractivity contribution in [2.24, 2.45) is 0 Å². The zero-order chi connectivity index (χ0) is 7.68. The minimum absolute atomic E-state index is 0.981. The molecule has 2 aromatic rings. The summed E-state index contributed by atoms with van der Waals surface area (Å²) in [6, 6.07) is 6.43. The number of aromatic nitrogens is 2. The molecule has 0 spiro atoms. The molecule has 0 aliphatic rings. The monoisotopic (exact) mass is 142 g/mol. The average Bonchev–Trinajstić information content (AvgIpc) is 2.47. The first-order valence-electron chi connectivity index (χ1n) is 3.29. The van der Waals surface area contributed by atoms with Crippen LogP contribution in [0.25, 0.3) is 10.9 Å². The van der Waals surface area contributed by atoms with Crippen LogP contribution >= 0.6 is 0 Å². The fraction of sp³-hybridized carbons (Fsp3) is 0. The van der Waals surface area contributed by atoms with Crippen LogP contribution in [-0.4, -0.2) is 9.55 Å². The molecule has 52 valence electrons. The maximum atomic E-state index is 5.25. The maximum Gasteiger partial charge on any atom is 0.0794 e. The summed E-state index contributed by atoms with van der Waals surface area (Å²) in [5, 5.41) is 1.12. The molecule has 0 N–H and O–H groups in total. The summed E-state index contributed by atoms with van der Waals surface area (Å²) in [5.74, 6) is 0. The van der Waals surface area contributed by atoms with E-state index in [0.717, 1.165) is 10.9 Å². The Morgan fingerprint density at radius 2 is 2.36 bits per heavy atom. The van der Waals surface area contributed by atoms with E-state index in [1.165, 1.54) is 0 Å². The molecule has 2 heteroatoms.